The van der Waals surface area contributed by atoms with Crippen molar-refractivity contribution in [1.29, 1.82) is 0 Å². The zero-order valence-corrected chi connectivity index (χ0v) is 19.6. The Kier molecular flexibility index (Phi) is 11.0. The molecule has 0 aromatic carbocycles. The molecular weight excluding hydrogens is 471 g/mol. The van der Waals surface area contributed by atoms with Crippen LogP contribution >= 0.6 is 35.3 Å². The number of hydrogen-bond donors (Lipinski definition) is 2. The van der Waals surface area contributed by atoms with Crippen LogP contribution in [0.1, 0.15) is 37.0 Å². The Balaban J connectivity index is 0.00000261. The number of ether oxygens (including phenoxy) is 1. The summed E-state index contributed by atoms with van der Waals surface area (Å²) in [6, 6.07) is 4.39. The molecule has 1 atom stereocenters. The van der Waals surface area contributed by atoms with Crippen LogP contribution in [-0.2, 0) is 11.3 Å². The van der Waals surface area contributed by atoms with Gasteiger partial charge in [-0.3, -0.25) is 9.89 Å². The van der Waals surface area contributed by atoms with Crippen LogP contribution in [0.4, 0.5) is 0 Å². The molecule has 1 aromatic rings. The molecule has 1 aliphatic carbocycles. The molecule has 0 radical (unpaired) electrons. The zero-order valence-electron chi connectivity index (χ0n) is 16.5. The number of thiophene rings is 1. The van der Waals surface area contributed by atoms with E-state index >= 15 is 0 Å². The van der Waals surface area contributed by atoms with Crippen molar-refractivity contribution in [2.45, 2.75) is 38.6 Å². The molecule has 5 nitrogen and oxygen atoms in total. The number of likely N-dealkylation sites (tertiary alicyclic amines) is 1. The molecule has 1 saturated heterocycles. The number of nitrogens with zero attached hydrogens (tertiary/aromatic N) is 2. The molecule has 2 N–H and O–H groups in total. The molecule has 1 aromatic heterocycles. The summed E-state index contributed by atoms with van der Waals surface area (Å²) in [7, 11) is 1.85. The summed E-state index contributed by atoms with van der Waals surface area (Å²) < 4.78 is 5.68. The van der Waals surface area contributed by atoms with Gasteiger partial charge in [0.25, 0.3) is 0 Å². The van der Waals surface area contributed by atoms with E-state index in [1.165, 1.54) is 43.6 Å². The highest BCUT2D eigenvalue weighted by Gasteiger charge is 2.21. The third-order valence-electron chi connectivity index (χ3n) is 5.15. The van der Waals surface area contributed by atoms with Gasteiger partial charge in [0.2, 0.25) is 0 Å². The predicted molar refractivity (Wildman–Crippen MR) is 125 cm³/mol. The minimum atomic E-state index is 0. The Hall–Kier alpha value is -0.380. The van der Waals surface area contributed by atoms with Crippen LogP contribution < -0.4 is 10.6 Å². The van der Waals surface area contributed by atoms with E-state index in [0.29, 0.717) is 5.92 Å². The maximum atomic E-state index is 5.68. The molecule has 2 fully saturated rings. The highest BCUT2D eigenvalue weighted by atomic mass is 127. The van der Waals surface area contributed by atoms with Crippen molar-refractivity contribution in [3.05, 3.63) is 22.4 Å². The Labute approximate surface area is 185 Å². The van der Waals surface area contributed by atoms with E-state index in [0.717, 1.165) is 51.1 Å². The van der Waals surface area contributed by atoms with Crippen molar-refractivity contribution in [3.63, 3.8) is 0 Å². The SMILES string of the molecule is CN=C(NCCCOCC1CC1)NCC1CCCN(Cc2cccs2)C1.I. The number of guanidine groups is 1. The average molecular weight is 506 g/mol. The summed E-state index contributed by atoms with van der Waals surface area (Å²) in [5.41, 5.74) is 0. The molecule has 1 saturated carbocycles. The van der Waals surface area contributed by atoms with E-state index in [4.69, 9.17) is 4.74 Å². The first-order valence-corrected chi connectivity index (χ1v) is 11.0. The Morgan fingerprint density at radius 1 is 1.30 bits per heavy atom. The van der Waals surface area contributed by atoms with Gasteiger partial charge in [0.05, 0.1) is 0 Å². The molecule has 1 aliphatic heterocycles. The van der Waals surface area contributed by atoms with Crippen molar-refractivity contribution in [1.82, 2.24) is 15.5 Å². The van der Waals surface area contributed by atoms with Gasteiger partial charge in [-0.2, -0.15) is 0 Å². The van der Waals surface area contributed by atoms with Gasteiger partial charge in [-0.1, -0.05) is 6.07 Å². The first-order chi connectivity index (χ1) is 12.8. The lowest BCUT2D eigenvalue weighted by Crippen LogP contribution is -2.44. The van der Waals surface area contributed by atoms with Gasteiger partial charge in [-0.05, 0) is 61.9 Å². The second-order valence-corrected chi connectivity index (χ2v) is 8.61. The van der Waals surface area contributed by atoms with Gasteiger partial charge in [-0.25, -0.2) is 0 Å². The Morgan fingerprint density at radius 2 is 2.19 bits per heavy atom. The molecule has 1 unspecified atom stereocenters. The molecule has 154 valence electrons. The molecule has 0 bridgehead atoms. The number of hydrogen-bond acceptors (Lipinski definition) is 4. The second kappa shape index (κ2) is 13.0. The normalized spacial score (nSPS) is 20.9. The monoisotopic (exact) mass is 506 g/mol. The van der Waals surface area contributed by atoms with E-state index in [1.807, 2.05) is 18.4 Å². The number of nitrogens with one attached hydrogen (secondary N) is 2. The summed E-state index contributed by atoms with van der Waals surface area (Å²) in [6.45, 7) is 7.22. The van der Waals surface area contributed by atoms with Crippen molar-refractivity contribution in [2.75, 3.05) is 46.4 Å². The maximum Gasteiger partial charge on any atom is 0.190 e. The standard InChI is InChI=1S/C20H34N4OS.HI/c1-21-20(22-9-4-11-25-16-17-7-8-17)23-13-18-5-2-10-24(14-18)15-19-6-3-12-26-19;/h3,6,12,17-18H,2,4-5,7-11,13-16H2,1H3,(H2,21,22,23);1H. The Bertz CT molecular complexity index is 536. The predicted octanol–water partition coefficient (Wildman–Crippen LogP) is 3.56. The van der Waals surface area contributed by atoms with Crippen LogP contribution in [0.2, 0.25) is 0 Å². The molecular formula is C20H35IN4OS. The summed E-state index contributed by atoms with van der Waals surface area (Å²) in [6.07, 6.45) is 6.36. The lowest BCUT2D eigenvalue weighted by Gasteiger charge is -2.32. The Morgan fingerprint density at radius 3 is 2.93 bits per heavy atom. The van der Waals surface area contributed by atoms with Gasteiger partial charge in [-0.15, -0.1) is 35.3 Å². The van der Waals surface area contributed by atoms with Crippen molar-refractivity contribution in [3.8, 4) is 0 Å². The minimum absolute atomic E-state index is 0. The van der Waals surface area contributed by atoms with Crippen molar-refractivity contribution < 1.29 is 4.74 Å². The van der Waals surface area contributed by atoms with E-state index in [-0.39, 0.29) is 24.0 Å². The van der Waals surface area contributed by atoms with E-state index < -0.39 is 0 Å². The maximum absolute atomic E-state index is 5.68. The van der Waals surface area contributed by atoms with Crippen LogP contribution in [0.5, 0.6) is 0 Å². The van der Waals surface area contributed by atoms with Gasteiger partial charge >= 0.3 is 0 Å². The topological polar surface area (TPSA) is 48.9 Å². The summed E-state index contributed by atoms with van der Waals surface area (Å²) >= 11 is 1.86. The smallest absolute Gasteiger partial charge is 0.190 e. The summed E-state index contributed by atoms with van der Waals surface area (Å²) in [5, 5.41) is 9.09. The molecule has 3 rings (SSSR count). The molecule has 27 heavy (non-hydrogen) atoms. The van der Waals surface area contributed by atoms with E-state index in [9.17, 15) is 0 Å². The summed E-state index contributed by atoms with van der Waals surface area (Å²) in [4.78, 5) is 8.41. The van der Waals surface area contributed by atoms with Gasteiger partial charge in [0.15, 0.2) is 5.96 Å². The number of rotatable bonds is 10. The van der Waals surface area contributed by atoms with Gasteiger partial charge in [0, 0.05) is 51.3 Å². The number of halogens is 1. The molecule has 0 amide bonds. The quantitative estimate of drug-likeness (QED) is 0.221. The third-order valence-corrected chi connectivity index (χ3v) is 6.01. The summed E-state index contributed by atoms with van der Waals surface area (Å²) in [5.74, 6) is 2.47. The lowest BCUT2D eigenvalue weighted by molar-refractivity contribution is 0.123. The highest BCUT2D eigenvalue weighted by Crippen LogP contribution is 2.28. The molecule has 2 heterocycles. The van der Waals surface area contributed by atoms with Crippen LogP contribution in [0.15, 0.2) is 22.5 Å². The lowest BCUT2D eigenvalue weighted by atomic mass is 9.98. The number of piperidine rings is 1. The van der Waals surface area contributed by atoms with E-state index in [1.54, 1.807) is 0 Å². The molecule has 7 heteroatoms. The highest BCUT2D eigenvalue weighted by molar-refractivity contribution is 14.0. The van der Waals surface area contributed by atoms with Crippen LogP contribution in [-0.4, -0.2) is 57.3 Å². The van der Waals surface area contributed by atoms with Crippen molar-refractivity contribution >= 4 is 41.3 Å². The second-order valence-electron chi connectivity index (χ2n) is 7.57. The van der Waals surface area contributed by atoms with Crippen LogP contribution in [0.3, 0.4) is 0 Å². The van der Waals surface area contributed by atoms with E-state index in [2.05, 4.69) is 38.0 Å². The number of aliphatic imine (C=N–C) groups is 1. The average Bonchev–Trinajstić information content (AvgIpc) is 3.35. The van der Waals surface area contributed by atoms with Crippen molar-refractivity contribution in [2.24, 2.45) is 16.8 Å². The first-order valence-electron chi connectivity index (χ1n) is 10.1. The molecule has 0 spiro atoms. The fourth-order valence-electron chi connectivity index (χ4n) is 3.46. The first kappa shape index (κ1) is 22.9. The van der Waals surface area contributed by atoms with Gasteiger partial charge in [0.1, 0.15) is 0 Å². The van der Waals surface area contributed by atoms with Gasteiger partial charge < -0.3 is 15.4 Å². The molecule has 2 aliphatic rings. The fourth-order valence-corrected chi connectivity index (χ4v) is 4.21. The minimum Gasteiger partial charge on any atom is -0.381 e. The zero-order chi connectivity index (χ0) is 18.0. The van der Waals surface area contributed by atoms with Crippen LogP contribution in [0, 0.1) is 11.8 Å². The third kappa shape index (κ3) is 9.11. The van der Waals surface area contributed by atoms with Crippen LogP contribution in [0.25, 0.3) is 0 Å². The fraction of sp³-hybridized carbons (Fsp3) is 0.750. The largest absolute Gasteiger partial charge is 0.381 e.